The van der Waals surface area contributed by atoms with Gasteiger partial charge in [0.15, 0.2) is 0 Å². The van der Waals surface area contributed by atoms with Gasteiger partial charge in [-0.15, -0.1) is 0 Å². The summed E-state index contributed by atoms with van der Waals surface area (Å²) < 4.78 is 11.3. The normalized spacial score (nSPS) is 14.3. The summed E-state index contributed by atoms with van der Waals surface area (Å²) in [7, 11) is 0. The minimum Gasteiger partial charge on any atom is -0.472 e. The number of rotatable bonds is 5. The number of hydrogen-bond donors (Lipinski definition) is 0. The Bertz CT molecular complexity index is 959. The second kappa shape index (κ2) is 7.55. The molecule has 1 aromatic heterocycles. The molecule has 1 fully saturated rings. The minimum atomic E-state index is -0.430. The summed E-state index contributed by atoms with van der Waals surface area (Å²) in [5.41, 5.74) is 1.49. The van der Waals surface area contributed by atoms with Crippen LogP contribution in [0.2, 0.25) is 0 Å². The van der Waals surface area contributed by atoms with Gasteiger partial charge in [0, 0.05) is 25.2 Å². The molecule has 0 saturated carbocycles. The van der Waals surface area contributed by atoms with E-state index in [1.807, 2.05) is 35.2 Å². The summed E-state index contributed by atoms with van der Waals surface area (Å²) in [5, 5.41) is 11.8. The molecule has 8 nitrogen and oxygen atoms in total. The number of aromatic nitrogens is 2. The van der Waals surface area contributed by atoms with E-state index in [1.165, 1.54) is 12.1 Å². The van der Waals surface area contributed by atoms with E-state index < -0.39 is 4.92 Å². The Morgan fingerprint density at radius 3 is 2.63 bits per heavy atom. The third-order valence-corrected chi connectivity index (χ3v) is 4.36. The first-order chi connectivity index (χ1) is 13.2. The number of morpholine rings is 1. The Labute approximate surface area is 155 Å². The van der Waals surface area contributed by atoms with Crippen molar-refractivity contribution in [1.82, 2.24) is 9.97 Å². The highest BCUT2D eigenvalue weighted by atomic mass is 16.6. The van der Waals surface area contributed by atoms with E-state index in [4.69, 9.17) is 9.47 Å². The molecule has 0 atom stereocenters. The predicted molar refractivity (Wildman–Crippen MR) is 100.0 cm³/mol. The number of ether oxygens (including phenoxy) is 2. The maximum absolute atomic E-state index is 11.1. The van der Waals surface area contributed by atoms with Gasteiger partial charge in [-0.25, -0.2) is 4.98 Å². The molecule has 0 unspecified atom stereocenters. The lowest BCUT2D eigenvalue weighted by atomic mass is 10.2. The molecule has 3 aromatic rings. The average Bonchev–Trinajstić information content (AvgIpc) is 2.72. The summed E-state index contributed by atoms with van der Waals surface area (Å²) in [4.78, 5) is 21.8. The Morgan fingerprint density at radius 2 is 1.89 bits per heavy atom. The van der Waals surface area contributed by atoms with E-state index >= 15 is 0 Å². The number of nitrogens with zero attached hydrogens (tertiary/aromatic N) is 4. The molecule has 1 aliphatic rings. The third-order valence-electron chi connectivity index (χ3n) is 4.36. The first-order valence-corrected chi connectivity index (χ1v) is 8.66. The summed E-state index contributed by atoms with van der Waals surface area (Å²) in [5.74, 6) is 0.912. The minimum absolute atomic E-state index is 0.0110. The molecule has 27 heavy (non-hydrogen) atoms. The Kier molecular flexibility index (Phi) is 4.80. The quantitative estimate of drug-likeness (QED) is 0.506. The smallest absolute Gasteiger partial charge is 0.271 e. The van der Waals surface area contributed by atoms with Crippen molar-refractivity contribution in [2.24, 2.45) is 0 Å². The topological polar surface area (TPSA) is 90.6 Å². The Balaban J connectivity index is 1.73. The molecule has 0 aliphatic carbocycles. The third kappa shape index (κ3) is 3.80. The maximum atomic E-state index is 11.1. The van der Waals surface area contributed by atoms with Crippen LogP contribution in [0.1, 0.15) is 5.56 Å². The largest absolute Gasteiger partial charge is 0.472 e. The van der Waals surface area contributed by atoms with Gasteiger partial charge in [0.1, 0.15) is 6.61 Å². The first-order valence-electron chi connectivity index (χ1n) is 8.66. The number of fused-ring (bicyclic) bond motifs is 1. The Morgan fingerprint density at radius 1 is 1.11 bits per heavy atom. The van der Waals surface area contributed by atoms with Crippen molar-refractivity contribution in [3.8, 4) is 5.88 Å². The predicted octanol–water partition coefficient (Wildman–Crippen LogP) is 2.95. The number of benzene rings is 2. The summed E-state index contributed by atoms with van der Waals surface area (Å²) in [6.07, 6.45) is 0. The SMILES string of the molecule is O=[N+]([O-])c1ccc2c(OCc3ccccc3)nc(N3CCOCC3)nc2c1. The number of nitro groups is 1. The van der Waals surface area contributed by atoms with Gasteiger partial charge in [-0.05, 0) is 11.6 Å². The van der Waals surface area contributed by atoms with Gasteiger partial charge in [-0.1, -0.05) is 30.3 Å². The van der Waals surface area contributed by atoms with Crippen LogP contribution < -0.4 is 9.64 Å². The second-order valence-corrected chi connectivity index (χ2v) is 6.16. The lowest BCUT2D eigenvalue weighted by molar-refractivity contribution is -0.384. The molecule has 0 radical (unpaired) electrons. The molecule has 0 spiro atoms. The van der Waals surface area contributed by atoms with E-state index in [2.05, 4.69) is 9.97 Å². The molecule has 1 aliphatic heterocycles. The van der Waals surface area contributed by atoms with E-state index in [-0.39, 0.29) is 5.69 Å². The van der Waals surface area contributed by atoms with Gasteiger partial charge in [-0.2, -0.15) is 4.98 Å². The molecular formula is C19H18N4O4. The van der Waals surface area contributed by atoms with Crippen molar-refractivity contribution < 1.29 is 14.4 Å². The molecule has 4 rings (SSSR count). The highest BCUT2D eigenvalue weighted by Crippen LogP contribution is 2.29. The van der Waals surface area contributed by atoms with Gasteiger partial charge in [-0.3, -0.25) is 10.1 Å². The van der Waals surface area contributed by atoms with Crippen LogP contribution in [0.4, 0.5) is 11.6 Å². The molecule has 0 amide bonds. The number of hydrogen-bond acceptors (Lipinski definition) is 7. The lowest BCUT2D eigenvalue weighted by Gasteiger charge is -2.27. The molecule has 1 saturated heterocycles. The molecule has 0 N–H and O–H groups in total. The van der Waals surface area contributed by atoms with Crippen LogP contribution in [0, 0.1) is 10.1 Å². The van der Waals surface area contributed by atoms with Crippen LogP contribution in [-0.2, 0) is 11.3 Å². The highest BCUT2D eigenvalue weighted by molar-refractivity contribution is 5.86. The van der Waals surface area contributed by atoms with Gasteiger partial charge < -0.3 is 14.4 Å². The van der Waals surface area contributed by atoms with Crippen LogP contribution in [0.3, 0.4) is 0 Å². The lowest BCUT2D eigenvalue weighted by Crippen LogP contribution is -2.37. The second-order valence-electron chi connectivity index (χ2n) is 6.16. The van der Waals surface area contributed by atoms with Gasteiger partial charge in [0.05, 0.1) is 29.0 Å². The number of non-ortho nitro benzene ring substituents is 1. The molecule has 138 valence electrons. The maximum Gasteiger partial charge on any atom is 0.271 e. The van der Waals surface area contributed by atoms with Crippen molar-refractivity contribution in [3.63, 3.8) is 0 Å². The number of nitro benzene ring substituents is 1. The van der Waals surface area contributed by atoms with Crippen molar-refractivity contribution in [2.45, 2.75) is 6.61 Å². The van der Waals surface area contributed by atoms with E-state index in [1.54, 1.807) is 6.07 Å². The Hall–Kier alpha value is -3.26. The van der Waals surface area contributed by atoms with Crippen LogP contribution in [0.5, 0.6) is 5.88 Å². The molecule has 2 aromatic carbocycles. The summed E-state index contributed by atoms with van der Waals surface area (Å²) in [6.45, 7) is 2.87. The molecule has 2 heterocycles. The zero-order valence-electron chi connectivity index (χ0n) is 14.6. The molecule has 0 bridgehead atoms. The van der Waals surface area contributed by atoms with E-state index in [0.717, 1.165) is 5.56 Å². The van der Waals surface area contributed by atoms with Gasteiger partial charge in [0.25, 0.3) is 5.69 Å². The highest BCUT2D eigenvalue weighted by Gasteiger charge is 2.19. The standard InChI is InChI=1S/C19H18N4O4/c24-23(25)15-6-7-16-17(12-15)20-19(22-8-10-26-11-9-22)21-18(16)27-13-14-4-2-1-3-5-14/h1-7,12H,8-11,13H2. The van der Waals surface area contributed by atoms with Crippen LogP contribution in [0.15, 0.2) is 48.5 Å². The van der Waals surface area contributed by atoms with E-state index in [9.17, 15) is 10.1 Å². The van der Waals surface area contributed by atoms with Crippen molar-refractivity contribution in [3.05, 3.63) is 64.2 Å². The van der Waals surface area contributed by atoms with Gasteiger partial charge >= 0.3 is 0 Å². The fourth-order valence-corrected chi connectivity index (χ4v) is 2.93. The fraction of sp³-hybridized carbons (Fsp3) is 0.263. The van der Waals surface area contributed by atoms with Crippen molar-refractivity contribution in [1.29, 1.82) is 0 Å². The monoisotopic (exact) mass is 366 g/mol. The number of anilines is 1. The van der Waals surface area contributed by atoms with Crippen LogP contribution in [-0.4, -0.2) is 41.2 Å². The average molecular weight is 366 g/mol. The van der Waals surface area contributed by atoms with Crippen LogP contribution in [0.25, 0.3) is 10.9 Å². The van der Waals surface area contributed by atoms with Crippen molar-refractivity contribution >= 4 is 22.5 Å². The zero-order valence-corrected chi connectivity index (χ0v) is 14.6. The fourth-order valence-electron chi connectivity index (χ4n) is 2.93. The van der Waals surface area contributed by atoms with Gasteiger partial charge in [0.2, 0.25) is 11.8 Å². The van der Waals surface area contributed by atoms with E-state index in [0.29, 0.717) is 55.6 Å². The zero-order chi connectivity index (χ0) is 18.6. The summed E-state index contributed by atoms with van der Waals surface area (Å²) in [6, 6.07) is 14.3. The van der Waals surface area contributed by atoms with Crippen molar-refractivity contribution in [2.75, 3.05) is 31.2 Å². The first kappa shape index (κ1) is 17.2. The summed E-state index contributed by atoms with van der Waals surface area (Å²) >= 11 is 0. The molecular weight excluding hydrogens is 348 g/mol. The van der Waals surface area contributed by atoms with Crippen LogP contribution >= 0.6 is 0 Å². The molecule has 8 heteroatoms.